The van der Waals surface area contributed by atoms with E-state index in [0.29, 0.717) is 25.1 Å². The van der Waals surface area contributed by atoms with Crippen LogP contribution >= 0.6 is 0 Å². The van der Waals surface area contributed by atoms with Gasteiger partial charge < -0.3 is 15.2 Å². The van der Waals surface area contributed by atoms with Gasteiger partial charge in [0.15, 0.2) is 0 Å². The van der Waals surface area contributed by atoms with Gasteiger partial charge in [-0.2, -0.15) is 0 Å². The van der Waals surface area contributed by atoms with Crippen LogP contribution in [0.3, 0.4) is 0 Å². The molecule has 0 amide bonds. The van der Waals surface area contributed by atoms with Crippen molar-refractivity contribution in [3.05, 3.63) is 0 Å². The summed E-state index contributed by atoms with van der Waals surface area (Å²) in [4.78, 5) is 0. The Balaban J connectivity index is 3.50. The van der Waals surface area contributed by atoms with Gasteiger partial charge in [-0.25, -0.2) is 0 Å². The summed E-state index contributed by atoms with van der Waals surface area (Å²) < 4.78 is 5.39. The molecule has 2 atom stereocenters. The molecule has 0 heterocycles. The highest BCUT2D eigenvalue weighted by Gasteiger charge is 2.08. The Morgan fingerprint density at radius 3 is 2.38 bits per heavy atom. The standard InChI is InChI=1S/C13H29NO2/c1-5-7-12(6-2)14-8-13(15)10-16-9-11(3)4/h11-15H,5-10H2,1-4H3. The Morgan fingerprint density at radius 2 is 1.88 bits per heavy atom. The normalized spacial score (nSPS) is 15.4. The van der Waals surface area contributed by atoms with Crippen LogP contribution in [0, 0.1) is 5.92 Å². The summed E-state index contributed by atoms with van der Waals surface area (Å²) in [5.74, 6) is 0.531. The van der Waals surface area contributed by atoms with Gasteiger partial charge in [-0.15, -0.1) is 0 Å². The monoisotopic (exact) mass is 231 g/mol. The topological polar surface area (TPSA) is 41.5 Å². The maximum atomic E-state index is 9.69. The summed E-state index contributed by atoms with van der Waals surface area (Å²) in [5, 5.41) is 13.1. The molecule has 2 N–H and O–H groups in total. The van der Waals surface area contributed by atoms with Crippen molar-refractivity contribution in [2.75, 3.05) is 19.8 Å². The van der Waals surface area contributed by atoms with Crippen molar-refractivity contribution in [1.82, 2.24) is 5.32 Å². The summed E-state index contributed by atoms with van der Waals surface area (Å²) in [5.41, 5.74) is 0. The molecule has 0 aliphatic carbocycles. The molecule has 0 aromatic heterocycles. The van der Waals surface area contributed by atoms with Crippen molar-refractivity contribution >= 4 is 0 Å². The molecule has 3 nitrogen and oxygen atoms in total. The lowest BCUT2D eigenvalue weighted by Crippen LogP contribution is -2.37. The van der Waals surface area contributed by atoms with Crippen LogP contribution in [0.15, 0.2) is 0 Å². The van der Waals surface area contributed by atoms with E-state index in [1.54, 1.807) is 0 Å². The van der Waals surface area contributed by atoms with Crippen LogP contribution in [0.25, 0.3) is 0 Å². The van der Waals surface area contributed by atoms with Crippen LogP contribution in [-0.4, -0.2) is 37.0 Å². The van der Waals surface area contributed by atoms with Gasteiger partial charge in [0, 0.05) is 19.2 Å². The van der Waals surface area contributed by atoms with Crippen LogP contribution in [0.5, 0.6) is 0 Å². The van der Waals surface area contributed by atoms with Crippen molar-refractivity contribution in [3.63, 3.8) is 0 Å². The van der Waals surface area contributed by atoms with Gasteiger partial charge in [0.2, 0.25) is 0 Å². The third-order valence-electron chi connectivity index (χ3n) is 2.53. The Morgan fingerprint density at radius 1 is 1.19 bits per heavy atom. The summed E-state index contributed by atoms with van der Waals surface area (Å²) in [6, 6.07) is 0.532. The zero-order chi connectivity index (χ0) is 12.4. The van der Waals surface area contributed by atoms with E-state index in [2.05, 4.69) is 33.0 Å². The van der Waals surface area contributed by atoms with E-state index < -0.39 is 0 Å². The smallest absolute Gasteiger partial charge is 0.0897 e. The van der Waals surface area contributed by atoms with Crippen LogP contribution in [0.1, 0.15) is 47.0 Å². The van der Waals surface area contributed by atoms with Crippen LogP contribution in [0.4, 0.5) is 0 Å². The zero-order valence-corrected chi connectivity index (χ0v) is 11.3. The number of hydrogen-bond acceptors (Lipinski definition) is 3. The Labute approximate surface area is 101 Å². The number of nitrogens with one attached hydrogen (secondary N) is 1. The summed E-state index contributed by atoms with van der Waals surface area (Å²) in [7, 11) is 0. The Hall–Kier alpha value is -0.120. The number of hydrogen-bond donors (Lipinski definition) is 2. The average molecular weight is 231 g/mol. The largest absolute Gasteiger partial charge is 0.389 e. The highest BCUT2D eigenvalue weighted by molar-refractivity contribution is 4.67. The van der Waals surface area contributed by atoms with Crippen molar-refractivity contribution < 1.29 is 9.84 Å². The van der Waals surface area contributed by atoms with Gasteiger partial charge in [0.05, 0.1) is 12.7 Å². The van der Waals surface area contributed by atoms with Crippen molar-refractivity contribution in [2.24, 2.45) is 5.92 Å². The van der Waals surface area contributed by atoms with E-state index in [0.717, 1.165) is 13.0 Å². The molecule has 2 unspecified atom stereocenters. The van der Waals surface area contributed by atoms with E-state index in [1.165, 1.54) is 12.8 Å². The van der Waals surface area contributed by atoms with Gasteiger partial charge in [0.1, 0.15) is 0 Å². The second kappa shape index (κ2) is 10.1. The number of rotatable bonds is 10. The molecule has 0 saturated heterocycles. The van der Waals surface area contributed by atoms with Crippen molar-refractivity contribution in [1.29, 1.82) is 0 Å². The average Bonchev–Trinajstić information content (AvgIpc) is 2.23. The van der Waals surface area contributed by atoms with Gasteiger partial charge >= 0.3 is 0 Å². The number of aliphatic hydroxyl groups is 1. The van der Waals surface area contributed by atoms with Crippen LogP contribution in [0.2, 0.25) is 0 Å². The first-order chi connectivity index (χ1) is 7.60. The van der Waals surface area contributed by atoms with E-state index >= 15 is 0 Å². The van der Waals surface area contributed by atoms with E-state index in [4.69, 9.17) is 4.74 Å². The minimum atomic E-state index is -0.385. The molecule has 0 rings (SSSR count). The molecule has 0 aliphatic rings. The molecule has 3 heteroatoms. The second-order valence-electron chi connectivity index (χ2n) is 4.89. The molecular formula is C13H29NO2. The first kappa shape index (κ1) is 15.9. The lowest BCUT2D eigenvalue weighted by atomic mass is 10.1. The fraction of sp³-hybridized carbons (Fsp3) is 1.00. The SMILES string of the molecule is CCCC(CC)NCC(O)COCC(C)C. The summed E-state index contributed by atoms with van der Waals surface area (Å²) >= 11 is 0. The van der Waals surface area contributed by atoms with Crippen molar-refractivity contribution in [3.8, 4) is 0 Å². The summed E-state index contributed by atoms with van der Waals surface area (Å²) in [6.07, 6.45) is 3.10. The predicted octanol–water partition coefficient (Wildman–Crippen LogP) is 2.19. The summed E-state index contributed by atoms with van der Waals surface area (Å²) in [6.45, 7) is 10.4. The van der Waals surface area contributed by atoms with Crippen LogP contribution < -0.4 is 5.32 Å². The van der Waals surface area contributed by atoms with Gasteiger partial charge in [-0.1, -0.05) is 34.1 Å². The Bertz CT molecular complexity index is 151. The zero-order valence-electron chi connectivity index (χ0n) is 11.3. The molecule has 0 radical (unpaired) electrons. The maximum Gasteiger partial charge on any atom is 0.0897 e. The highest BCUT2D eigenvalue weighted by Crippen LogP contribution is 2.01. The molecule has 98 valence electrons. The van der Waals surface area contributed by atoms with Crippen molar-refractivity contribution in [2.45, 2.75) is 59.1 Å². The fourth-order valence-electron chi connectivity index (χ4n) is 1.60. The van der Waals surface area contributed by atoms with Gasteiger partial charge in [-0.05, 0) is 18.8 Å². The van der Waals surface area contributed by atoms with E-state index in [9.17, 15) is 5.11 Å². The lowest BCUT2D eigenvalue weighted by molar-refractivity contribution is 0.0248. The fourth-order valence-corrected chi connectivity index (χ4v) is 1.60. The number of ether oxygens (including phenoxy) is 1. The van der Waals surface area contributed by atoms with Gasteiger partial charge in [-0.3, -0.25) is 0 Å². The molecule has 0 bridgehead atoms. The van der Waals surface area contributed by atoms with Crippen LogP contribution in [-0.2, 0) is 4.74 Å². The molecule has 0 spiro atoms. The lowest BCUT2D eigenvalue weighted by Gasteiger charge is -2.19. The third-order valence-corrected chi connectivity index (χ3v) is 2.53. The quantitative estimate of drug-likeness (QED) is 0.605. The molecule has 0 aromatic rings. The molecule has 16 heavy (non-hydrogen) atoms. The first-order valence-corrected chi connectivity index (χ1v) is 6.59. The molecular weight excluding hydrogens is 202 g/mol. The molecule has 0 aromatic carbocycles. The minimum absolute atomic E-state index is 0.385. The molecule has 0 saturated carbocycles. The predicted molar refractivity (Wildman–Crippen MR) is 68.7 cm³/mol. The maximum absolute atomic E-state index is 9.69. The third kappa shape index (κ3) is 9.13. The molecule has 0 aliphatic heterocycles. The second-order valence-corrected chi connectivity index (χ2v) is 4.89. The Kier molecular flexibility index (Phi) is 9.99. The first-order valence-electron chi connectivity index (χ1n) is 6.59. The van der Waals surface area contributed by atoms with E-state index in [1.807, 2.05) is 0 Å². The van der Waals surface area contributed by atoms with E-state index in [-0.39, 0.29) is 6.10 Å². The minimum Gasteiger partial charge on any atom is -0.389 e. The molecule has 0 fully saturated rings. The van der Waals surface area contributed by atoms with Gasteiger partial charge in [0.25, 0.3) is 0 Å². The number of aliphatic hydroxyl groups excluding tert-OH is 1. The highest BCUT2D eigenvalue weighted by atomic mass is 16.5.